The summed E-state index contributed by atoms with van der Waals surface area (Å²) in [6.07, 6.45) is -3.05. The highest BCUT2D eigenvalue weighted by Gasteiger charge is 2.45. The highest BCUT2D eigenvalue weighted by atomic mass is 19.4. The van der Waals surface area contributed by atoms with Crippen molar-refractivity contribution in [2.24, 2.45) is 0 Å². The summed E-state index contributed by atoms with van der Waals surface area (Å²) in [6, 6.07) is 18.9. The Labute approximate surface area is 264 Å². The van der Waals surface area contributed by atoms with Gasteiger partial charge in [-0.3, -0.25) is 19.3 Å². The van der Waals surface area contributed by atoms with Crippen LogP contribution in [0.5, 0.6) is 0 Å². The number of alkyl halides is 3. The third-order valence-corrected chi connectivity index (χ3v) is 7.66. The fraction of sp³-hybridized carbons (Fsp3) is 0.235. The van der Waals surface area contributed by atoms with Gasteiger partial charge in [-0.15, -0.1) is 0 Å². The second kappa shape index (κ2) is 13.0. The number of fused-ring (bicyclic) bond motifs is 1. The van der Waals surface area contributed by atoms with Crippen molar-refractivity contribution >= 4 is 29.2 Å². The van der Waals surface area contributed by atoms with Crippen LogP contribution in [0, 0.1) is 0 Å². The second-order valence-electron chi connectivity index (χ2n) is 11.1. The minimum Gasteiger partial charge on any atom is -0.339 e. The molecule has 0 fully saturated rings. The summed E-state index contributed by atoms with van der Waals surface area (Å²) >= 11 is 0. The van der Waals surface area contributed by atoms with Crippen LogP contribution in [0.4, 0.5) is 24.7 Å². The van der Waals surface area contributed by atoms with Crippen LogP contribution in [0.25, 0.3) is 5.69 Å². The normalized spacial score (nSPS) is 16.2. The summed E-state index contributed by atoms with van der Waals surface area (Å²) in [6.45, 7) is 6.19. The Balaban J connectivity index is 1.64. The number of carbonyl (C=O) groups excluding carboxylic acids is 3. The summed E-state index contributed by atoms with van der Waals surface area (Å²) in [5.41, 5.74) is 1.22. The van der Waals surface area contributed by atoms with E-state index in [0.717, 1.165) is 18.2 Å². The van der Waals surface area contributed by atoms with Crippen LogP contribution in [0.2, 0.25) is 0 Å². The van der Waals surface area contributed by atoms with Gasteiger partial charge in [0.05, 0.1) is 17.4 Å². The zero-order chi connectivity index (χ0) is 33.2. The molecule has 1 aliphatic heterocycles. The van der Waals surface area contributed by atoms with E-state index in [2.05, 4.69) is 22.3 Å². The Kier molecular flexibility index (Phi) is 9.10. The first-order chi connectivity index (χ1) is 21.9. The van der Waals surface area contributed by atoms with Gasteiger partial charge in [0.2, 0.25) is 0 Å². The quantitative estimate of drug-likeness (QED) is 0.247. The van der Waals surface area contributed by atoms with Crippen LogP contribution in [0.1, 0.15) is 39.9 Å². The zero-order valence-electron chi connectivity index (χ0n) is 25.5. The first-order valence-electron chi connectivity index (χ1n) is 14.6. The lowest BCUT2D eigenvalue weighted by Crippen LogP contribution is -2.55. The van der Waals surface area contributed by atoms with Gasteiger partial charge >= 0.3 is 6.18 Å². The van der Waals surface area contributed by atoms with Crippen molar-refractivity contribution in [1.29, 1.82) is 0 Å². The van der Waals surface area contributed by atoms with E-state index < -0.39 is 41.4 Å². The molecule has 3 aromatic carbocycles. The van der Waals surface area contributed by atoms with E-state index >= 15 is 0 Å². The number of nitrogens with one attached hydrogen (secondary N) is 2. The molecule has 2 N–H and O–H groups in total. The lowest BCUT2D eigenvalue weighted by Gasteiger charge is -2.38. The average molecular weight is 631 g/mol. The topological polar surface area (TPSA) is 99.6 Å². The minimum atomic E-state index is -4.66. The molecule has 2 heterocycles. The minimum absolute atomic E-state index is 0.218. The molecule has 5 rings (SSSR count). The number of rotatable bonds is 9. The Hall–Kier alpha value is -5.23. The maximum absolute atomic E-state index is 14.3. The van der Waals surface area contributed by atoms with Gasteiger partial charge in [0.1, 0.15) is 11.9 Å². The van der Waals surface area contributed by atoms with Crippen molar-refractivity contribution in [3.05, 3.63) is 119 Å². The van der Waals surface area contributed by atoms with E-state index in [9.17, 15) is 27.6 Å². The van der Waals surface area contributed by atoms with Crippen molar-refractivity contribution in [3.8, 4) is 5.69 Å². The molecule has 2 atom stereocenters. The maximum atomic E-state index is 14.3. The number of amides is 3. The largest absolute Gasteiger partial charge is 0.416 e. The molecule has 46 heavy (non-hydrogen) atoms. The van der Waals surface area contributed by atoms with Gasteiger partial charge in [-0.25, -0.2) is 4.68 Å². The van der Waals surface area contributed by atoms with Crippen molar-refractivity contribution in [2.75, 3.05) is 37.4 Å². The number of hydrogen-bond donors (Lipinski definition) is 2. The van der Waals surface area contributed by atoms with E-state index in [0.29, 0.717) is 40.4 Å². The van der Waals surface area contributed by atoms with Gasteiger partial charge in [0, 0.05) is 41.4 Å². The predicted octanol–water partition coefficient (Wildman–Crippen LogP) is 5.24. The highest BCUT2D eigenvalue weighted by molar-refractivity contribution is 6.07. The SMILES string of the molecule is C=C(CN(C)C)C(=O)Nc1ccccc1[C@H]1c2cnn(-c3ccccc3)c2N(CC)C(=O)[C@@H]1NC(=O)c1cccc(C(F)(F)F)c1. The maximum Gasteiger partial charge on any atom is 0.416 e. The molecule has 0 radical (unpaired) electrons. The molecule has 4 aromatic rings. The van der Waals surface area contributed by atoms with Crippen LogP contribution in [0.15, 0.2) is 97.2 Å². The molecule has 3 amide bonds. The molecule has 0 unspecified atom stereocenters. The number of likely N-dealkylation sites (N-methyl/N-ethyl adjacent to an activating group) is 2. The molecule has 1 aromatic heterocycles. The third kappa shape index (κ3) is 6.43. The lowest BCUT2D eigenvalue weighted by molar-refractivity contribution is -0.137. The Morgan fingerprint density at radius 2 is 1.67 bits per heavy atom. The van der Waals surface area contributed by atoms with Crippen molar-refractivity contribution < 1.29 is 27.6 Å². The molecular formula is C34H33F3N6O3. The number of hydrogen-bond acceptors (Lipinski definition) is 5. The van der Waals surface area contributed by atoms with Crippen LogP contribution in [0.3, 0.4) is 0 Å². The van der Waals surface area contributed by atoms with E-state index in [1.54, 1.807) is 47.0 Å². The highest BCUT2D eigenvalue weighted by Crippen LogP contribution is 2.43. The third-order valence-electron chi connectivity index (χ3n) is 7.66. The summed E-state index contributed by atoms with van der Waals surface area (Å²) in [5.74, 6) is -2.17. The van der Waals surface area contributed by atoms with E-state index in [1.165, 1.54) is 11.0 Å². The fourth-order valence-corrected chi connectivity index (χ4v) is 5.60. The molecule has 12 heteroatoms. The van der Waals surface area contributed by atoms with Crippen LogP contribution >= 0.6 is 0 Å². The Morgan fingerprint density at radius 1 is 0.978 bits per heavy atom. The van der Waals surface area contributed by atoms with Gasteiger partial charge in [-0.2, -0.15) is 18.3 Å². The number of halogens is 3. The van der Waals surface area contributed by atoms with Gasteiger partial charge < -0.3 is 15.5 Å². The van der Waals surface area contributed by atoms with Crippen molar-refractivity contribution in [2.45, 2.75) is 25.1 Å². The molecule has 0 bridgehead atoms. The number of nitrogens with zero attached hydrogens (tertiary/aromatic N) is 4. The number of benzene rings is 3. The first-order valence-corrected chi connectivity index (χ1v) is 14.6. The van der Waals surface area contributed by atoms with E-state index in [1.807, 2.05) is 44.4 Å². The van der Waals surface area contributed by atoms with Gasteiger partial charge in [0.25, 0.3) is 17.7 Å². The number of para-hydroxylation sites is 2. The fourth-order valence-electron chi connectivity index (χ4n) is 5.60. The zero-order valence-corrected chi connectivity index (χ0v) is 25.5. The van der Waals surface area contributed by atoms with Gasteiger partial charge in [-0.05, 0) is 63.0 Å². The molecule has 1 aliphatic rings. The molecular weight excluding hydrogens is 597 g/mol. The molecule has 0 saturated carbocycles. The molecule has 0 saturated heterocycles. The predicted molar refractivity (Wildman–Crippen MR) is 169 cm³/mol. The van der Waals surface area contributed by atoms with Gasteiger partial charge in [-0.1, -0.05) is 49.0 Å². The molecule has 9 nitrogen and oxygen atoms in total. The van der Waals surface area contributed by atoms with E-state index in [-0.39, 0.29) is 12.1 Å². The van der Waals surface area contributed by atoms with Crippen molar-refractivity contribution in [3.63, 3.8) is 0 Å². The second-order valence-corrected chi connectivity index (χ2v) is 11.1. The molecule has 238 valence electrons. The van der Waals surface area contributed by atoms with Gasteiger partial charge in [0.15, 0.2) is 0 Å². The van der Waals surface area contributed by atoms with Crippen LogP contribution in [-0.4, -0.2) is 65.6 Å². The summed E-state index contributed by atoms with van der Waals surface area (Å²) in [4.78, 5) is 44.3. The Bertz CT molecular complexity index is 1780. The number of anilines is 2. The average Bonchev–Trinajstić information content (AvgIpc) is 3.46. The lowest BCUT2D eigenvalue weighted by atomic mass is 9.81. The number of carbonyl (C=O) groups is 3. The standard InChI is InChI=1S/C34H33F3N6O3/c1-5-42-32-26(19-38-43(32)24-14-7-6-8-15-24)28(25-16-9-10-17-27(25)39-30(44)21(2)20-41(3)4)29(33(42)46)40-31(45)22-12-11-13-23(18-22)34(35,36)37/h6-19,28-29H,2,5,20H2,1,3-4H3,(H,39,44)(H,40,45)/t28-,29+/m0/s1. The first kappa shape index (κ1) is 32.2. The summed E-state index contributed by atoms with van der Waals surface area (Å²) in [7, 11) is 3.62. The summed E-state index contributed by atoms with van der Waals surface area (Å²) < 4.78 is 42.0. The van der Waals surface area contributed by atoms with Crippen molar-refractivity contribution in [1.82, 2.24) is 20.0 Å². The van der Waals surface area contributed by atoms with Crippen LogP contribution in [-0.2, 0) is 15.8 Å². The molecule has 0 aliphatic carbocycles. The summed E-state index contributed by atoms with van der Waals surface area (Å²) in [5, 5.41) is 10.2. The molecule has 0 spiro atoms. The smallest absolute Gasteiger partial charge is 0.339 e. The monoisotopic (exact) mass is 630 g/mol. The van der Waals surface area contributed by atoms with E-state index in [4.69, 9.17) is 0 Å². The van der Waals surface area contributed by atoms with Crippen LogP contribution < -0.4 is 15.5 Å². The number of aromatic nitrogens is 2. The Morgan fingerprint density at radius 3 is 2.35 bits per heavy atom.